The number of hydrogen-bond acceptors (Lipinski definition) is 3. The summed E-state index contributed by atoms with van der Waals surface area (Å²) in [7, 11) is 1.57. The number of carbonyl (C=O) groups is 2. The molecule has 0 aliphatic carbocycles. The number of aliphatic carboxylic acids is 1. The Morgan fingerprint density at radius 1 is 1.47 bits per heavy atom. The SMILES string of the molecule is CN(CC(C)(C)O)C(=O)N1CCC[C@@H]1C(=O)O. The van der Waals surface area contributed by atoms with E-state index in [1.165, 1.54) is 9.80 Å². The highest BCUT2D eigenvalue weighted by Crippen LogP contribution is 2.19. The van der Waals surface area contributed by atoms with Crippen LogP contribution in [0.3, 0.4) is 0 Å². The molecule has 2 amide bonds. The van der Waals surface area contributed by atoms with Gasteiger partial charge in [0, 0.05) is 13.6 Å². The van der Waals surface area contributed by atoms with Crippen LogP contribution in [-0.4, -0.2) is 63.8 Å². The Kier molecular flexibility index (Phi) is 3.98. The van der Waals surface area contributed by atoms with Gasteiger partial charge in [0.1, 0.15) is 6.04 Å². The summed E-state index contributed by atoms with van der Waals surface area (Å²) in [6.45, 7) is 3.85. The Morgan fingerprint density at radius 2 is 2.06 bits per heavy atom. The van der Waals surface area contributed by atoms with Gasteiger partial charge in [-0.3, -0.25) is 0 Å². The van der Waals surface area contributed by atoms with Crippen LogP contribution in [0.15, 0.2) is 0 Å². The molecule has 0 bridgehead atoms. The summed E-state index contributed by atoms with van der Waals surface area (Å²) < 4.78 is 0. The van der Waals surface area contributed by atoms with Crippen molar-refractivity contribution in [3.05, 3.63) is 0 Å². The first kappa shape index (κ1) is 13.8. The molecule has 1 aliphatic rings. The largest absolute Gasteiger partial charge is 0.480 e. The molecule has 2 N–H and O–H groups in total. The lowest BCUT2D eigenvalue weighted by Crippen LogP contribution is -2.50. The van der Waals surface area contributed by atoms with E-state index in [1.54, 1.807) is 20.9 Å². The first-order valence-electron chi connectivity index (χ1n) is 5.69. The van der Waals surface area contributed by atoms with Gasteiger partial charge in [-0.05, 0) is 26.7 Å². The van der Waals surface area contributed by atoms with Gasteiger partial charge in [0.25, 0.3) is 0 Å². The van der Waals surface area contributed by atoms with E-state index < -0.39 is 17.6 Å². The number of nitrogens with zero attached hydrogens (tertiary/aromatic N) is 2. The Bertz CT molecular complexity index is 311. The van der Waals surface area contributed by atoms with Crippen LogP contribution in [0.4, 0.5) is 4.79 Å². The van der Waals surface area contributed by atoms with Crippen molar-refractivity contribution in [3.8, 4) is 0 Å². The molecule has 17 heavy (non-hydrogen) atoms. The Morgan fingerprint density at radius 3 is 2.53 bits per heavy atom. The number of carboxylic acid groups (broad SMARTS) is 1. The fourth-order valence-corrected chi connectivity index (χ4v) is 2.12. The van der Waals surface area contributed by atoms with Crippen LogP contribution in [0.5, 0.6) is 0 Å². The second-order valence-electron chi connectivity index (χ2n) is 5.14. The highest BCUT2D eigenvalue weighted by molar-refractivity contribution is 5.83. The summed E-state index contributed by atoms with van der Waals surface area (Å²) >= 11 is 0. The topological polar surface area (TPSA) is 81.1 Å². The van der Waals surface area contributed by atoms with Gasteiger partial charge in [0.05, 0.1) is 12.1 Å². The summed E-state index contributed by atoms with van der Waals surface area (Å²) in [6.07, 6.45) is 1.20. The predicted octanol–water partition coefficient (Wildman–Crippen LogP) is 0.358. The number of carboxylic acids is 1. The van der Waals surface area contributed by atoms with Gasteiger partial charge in [0.2, 0.25) is 0 Å². The molecule has 1 rings (SSSR count). The van der Waals surface area contributed by atoms with E-state index in [1.807, 2.05) is 0 Å². The minimum atomic E-state index is -0.983. The molecule has 1 aliphatic heterocycles. The molecule has 1 fully saturated rings. The van der Waals surface area contributed by atoms with E-state index in [-0.39, 0.29) is 12.6 Å². The monoisotopic (exact) mass is 244 g/mol. The standard InChI is InChI=1S/C11H20N2O4/c1-11(2,17)7-12(3)10(16)13-6-4-5-8(13)9(14)15/h8,17H,4-7H2,1-3H3,(H,14,15)/t8-/m1/s1. The van der Waals surface area contributed by atoms with Crippen molar-refractivity contribution in [3.63, 3.8) is 0 Å². The van der Waals surface area contributed by atoms with E-state index in [4.69, 9.17) is 5.11 Å². The van der Waals surface area contributed by atoms with Gasteiger partial charge < -0.3 is 20.0 Å². The Balaban J connectivity index is 2.66. The molecule has 0 spiro atoms. The summed E-state index contributed by atoms with van der Waals surface area (Å²) in [5.74, 6) is -0.965. The zero-order chi connectivity index (χ0) is 13.2. The normalized spacial score (nSPS) is 20.5. The third kappa shape index (κ3) is 3.59. The average Bonchev–Trinajstić information content (AvgIpc) is 2.61. The molecule has 1 atom stereocenters. The Labute approximate surface area is 101 Å². The van der Waals surface area contributed by atoms with Gasteiger partial charge in [0.15, 0.2) is 0 Å². The van der Waals surface area contributed by atoms with Crippen molar-refractivity contribution < 1.29 is 19.8 Å². The molecular weight excluding hydrogens is 224 g/mol. The maximum Gasteiger partial charge on any atom is 0.326 e. The number of likely N-dealkylation sites (N-methyl/N-ethyl adjacent to an activating group) is 1. The summed E-state index contributed by atoms with van der Waals surface area (Å²) in [6, 6.07) is -1.07. The zero-order valence-electron chi connectivity index (χ0n) is 10.5. The third-order valence-corrected chi connectivity index (χ3v) is 2.73. The molecule has 0 unspecified atom stereocenters. The third-order valence-electron chi connectivity index (χ3n) is 2.73. The maximum absolute atomic E-state index is 12.0. The number of aliphatic hydroxyl groups is 1. The molecule has 0 saturated carbocycles. The summed E-state index contributed by atoms with van der Waals surface area (Å²) in [4.78, 5) is 25.7. The van der Waals surface area contributed by atoms with E-state index in [0.29, 0.717) is 19.4 Å². The zero-order valence-corrected chi connectivity index (χ0v) is 10.5. The highest BCUT2D eigenvalue weighted by Gasteiger charge is 2.36. The van der Waals surface area contributed by atoms with Crippen molar-refractivity contribution in [2.75, 3.05) is 20.1 Å². The van der Waals surface area contributed by atoms with Crippen LogP contribution < -0.4 is 0 Å². The van der Waals surface area contributed by atoms with E-state index in [9.17, 15) is 14.7 Å². The van der Waals surface area contributed by atoms with Crippen molar-refractivity contribution in [2.24, 2.45) is 0 Å². The van der Waals surface area contributed by atoms with Crippen molar-refractivity contribution >= 4 is 12.0 Å². The molecule has 98 valence electrons. The lowest BCUT2D eigenvalue weighted by Gasteiger charge is -2.31. The van der Waals surface area contributed by atoms with Gasteiger partial charge in [-0.1, -0.05) is 0 Å². The molecule has 6 nitrogen and oxygen atoms in total. The van der Waals surface area contributed by atoms with Crippen LogP contribution in [0.2, 0.25) is 0 Å². The van der Waals surface area contributed by atoms with Gasteiger partial charge in [-0.25, -0.2) is 9.59 Å². The van der Waals surface area contributed by atoms with Gasteiger partial charge in [-0.2, -0.15) is 0 Å². The molecule has 1 heterocycles. The van der Waals surface area contributed by atoms with Crippen LogP contribution in [0, 0.1) is 0 Å². The van der Waals surface area contributed by atoms with Crippen LogP contribution in [0.25, 0.3) is 0 Å². The summed E-state index contributed by atoms with van der Waals surface area (Å²) in [5.41, 5.74) is -0.983. The van der Waals surface area contributed by atoms with Crippen molar-refractivity contribution in [1.82, 2.24) is 9.80 Å². The molecule has 1 saturated heterocycles. The van der Waals surface area contributed by atoms with Gasteiger partial charge in [-0.15, -0.1) is 0 Å². The van der Waals surface area contributed by atoms with E-state index >= 15 is 0 Å². The van der Waals surface area contributed by atoms with E-state index in [2.05, 4.69) is 0 Å². The van der Waals surface area contributed by atoms with Crippen LogP contribution >= 0.6 is 0 Å². The number of likely N-dealkylation sites (tertiary alicyclic amines) is 1. The van der Waals surface area contributed by atoms with Gasteiger partial charge >= 0.3 is 12.0 Å². The molecule has 0 aromatic heterocycles. The number of carbonyl (C=O) groups excluding carboxylic acids is 1. The Hall–Kier alpha value is -1.30. The van der Waals surface area contributed by atoms with Crippen molar-refractivity contribution in [1.29, 1.82) is 0 Å². The lowest BCUT2D eigenvalue weighted by molar-refractivity contribution is -0.141. The minimum Gasteiger partial charge on any atom is -0.480 e. The second kappa shape index (κ2) is 4.91. The fraction of sp³-hybridized carbons (Fsp3) is 0.818. The van der Waals surface area contributed by atoms with Crippen LogP contribution in [0.1, 0.15) is 26.7 Å². The van der Waals surface area contributed by atoms with E-state index in [0.717, 1.165) is 0 Å². The minimum absolute atomic E-state index is 0.175. The number of rotatable bonds is 3. The molecule has 0 radical (unpaired) electrons. The average molecular weight is 244 g/mol. The first-order valence-corrected chi connectivity index (χ1v) is 5.69. The summed E-state index contributed by atoms with van der Waals surface area (Å²) in [5, 5.41) is 18.6. The number of amides is 2. The lowest BCUT2D eigenvalue weighted by atomic mass is 10.1. The van der Waals surface area contributed by atoms with Crippen molar-refractivity contribution in [2.45, 2.75) is 38.3 Å². The molecule has 6 heteroatoms. The molecule has 0 aromatic rings. The van der Waals surface area contributed by atoms with Crippen LogP contribution in [-0.2, 0) is 4.79 Å². The highest BCUT2D eigenvalue weighted by atomic mass is 16.4. The second-order valence-corrected chi connectivity index (χ2v) is 5.14. The molecule has 0 aromatic carbocycles. The maximum atomic E-state index is 12.0. The quantitative estimate of drug-likeness (QED) is 0.751. The predicted molar refractivity (Wildman–Crippen MR) is 61.7 cm³/mol. The number of urea groups is 1. The molecular formula is C11H20N2O4. The fourth-order valence-electron chi connectivity index (χ4n) is 2.12. The first-order chi connectivity index (χ1) is 7.72. The number of hydrogen-bond donors (Lipinski definition) is 2. The smallest absolute Gasteiger partial charge is 0.326 e.